The van der Waals surface area contributed by atoms with E-state index in [2.05, 4.69) is 0 Å². The van der Waals surface area contributed by atoms with Crippen LogP contribution in [0.25, 0.3) is 6.08 Å². The van der Waals surface area contributed by atoms with E-state index < -0.39 is 17.8 Å². The van der Waals surface area contributed by atoms with Crippen molar-refractivity contribution in [1.82, 2.24) is 0 Å². The lowest BCUT2D eigenvalue weighted by molar-refractivity contribution is -0.136. The van der Waals surface area contributed by atoms with Crippen molar-refractivity contribution in [3.63, 3.8) is 0 Å². The number of carbonyl (C=O) groups excluding carboxylic acids is 3. The van der Waals surface area contributed by atoms with Crippen molar-refractivity contribution in [2.45, 2.75) is 6.92 Å². The lowest BCUT2D eigenvalue weighted by Crippen LogP contribution is -2.24. The van der Waals surface area contributed by atoms with Gasteiger partial charge in [-0.3, -0.25) is 9.69 Å². The van der Waals surface area contributed by atoms with Crippen LogP contribution in [0, 0.1) is 0 Å². The molecule has 0 fully saturated rings. The van der Waals surface area contributed by atoms with Crippen LogP contribution in [0.5, 0.6) is 11.5 Å². The molecule has 0 bridgehead atoms. The van der Waals surface area contributed by atoms with Gasteiger partial charge in [0.1, 0.15) is 0 Å². The second kappa shape index (κ2) is 9.38. The molecule has 8 nitrogen and oxygen atoms in total. The molecule has 0 spiro atoms. The summed E-state index contributed by atoms with van der Waals surface area (Å²) in [6.07, 6.45) is 1.60. The van der Waals surface area contributed by atoms with E-state index in [1.807, 2.05) is 0 Å². The van der Waals surface area contributed by atoms with Gasteiger partial charge in [-0.15, -0.1) is 0 Å². The highest BCUT2D eigenvalue weighted by molar-refractivity contribution is 6.23. The zero-order chi connectivity index (χ0) is 23.4. The van der Waals surface area contributed by atoms with Gasteiger partial charge in [0.05, 0.1) is 45.1 Å². The molecule has 0 N–H and O–H groups in total. The number of allylic oxidation sites excluding steroid dienone is 1. The topological polar surface area (TPSA) is 91.4 Å². The average molecular weight is 437 g/mol. The van der Waals surface area contributed by atoms with Gasteiger partial charge in [0, 0.05) is 11.4 Å². The minimum atomic E-state index is -0.628. The van der Waals surface area contributed by atoms with Crippen molar-refractivity contribution in [3.05, 3.63) is 70.4 Å². The third-order valence-corrected chi connectivity index (χ3v) is 5.05. The molecule has 1 amide bonds. The maximum atomic E-state index is 13.4. The fourth-order valence-corrected chi connectivity index (χ4v) is 3.46. The van der Waals surface area contributed by atoms with Crippen molar-refractivity contribution >= 4 is 29.6 Å². The van der Waals surface area contributed by atoms with Crippen molar-refractivity contribution < 1.29 is 33.3 Å². The molecule has 0 unspecified atom stereocenters. The van der Waals surface area contributed by atoms with Crippen LogP contribution in [0.1, 0.15) is 22.8 Å². The Balaban J connectivity index is 2.08. The van der Waals surface area contributed by atoms with Crippen molar-refractivity contribution in [2.75, 3.05) is 33.3 Å². The smallest absolute Gasteiger partial charge is 0.340 e. The molecule has 3 rings (SSSR count). The second-order valence-corrected chi connectivity index (χ2v) is 6.80. The van der Waals surface area contributed by atoms with Gasteiger partial charge in [-0.1, -0.05) is 6.07 Å². The third-order valence-electron chi connectivity index (χ3n) is 5.05. The molecule has 2 aromatic rings. The molecule has 0 aliphatic carbocycles. The van der Waals surface area contributed by atoms with Crippen LogP contribution < -0.4 is 14.4 Å². The Hall–Kier alpha value is -4.07. The number of ether oxygens (including phenoxy) is 4. The van der Waals surface area contributed by atoms with Gasteiger partial charge in [-0.05, 0) is 55.0 Å². The van der Waals surface area contributed by atoms with E-state index >= 15 is 0 Å². The van der Waals surface area contributed by atoms with Crippen LogP contribution in [0.15, 0.2) is 59.3 Å². The van der Waals surface area contributed by atoms with Gasteiger partial charge >= 0.3 is 11.9 Å². The molecule has 1 aliphatic rings. The quantitative estimate of drug-likeness (QED) is 0.505. The highest BCUT2D eigenvalue weighted by atomic mass is 16.5. The molecule has 0 saturated carbocycles. The van der Waals surface area contributed by atoms with Gasteiger partial charge in [0.25, 0.3) is 5.91 Å². The first-order chi connectivity index (χ1) is 15.4. The molecule has 0 atom stereocenters. The Morgan fingerprint density at radius 1 is 0.844 bits per heavy atom. The van der Waals surface area contributed by atoms with E-state index in [0.717, 1.165) is 0 Å². The summed E-state index contributed by atoms with van der Waals surface area (Å²) in [4.78, 5) is 39.0. The molecule has 0 aromatic heterocycles. The number of nitrogens with zero attached hydrogens (tertiary/aromatic N) is 1. The number of carbonyl (C=O) groups is 3. The van der Waals surface area contributed by atoms with Crippen LogP contribution in [0.2, 0.25) is 0 Å². The van der Waals surface area contributed by atoms with E-state index in [9.17, 15) is 14.4 Å². The van der Waals surface area contributed by atoms with Gasteiger partial charge < -0.3 is 18.9 Å². The molecule has 1 aliphatic heterocycles. The number of esters is 2. The molecule has 0 radical (unpaired) electrons. The monoisotopic (exact) mass is 437 g/mol. The summed E-state index contributed by atoms with van der Waals surface area (Å²) in [5.74, 6) is -0.483. The molecule has 32 heavy (non-hydrogen) atoms. The Kier molecular flexibility index (Phi) is 6.63. The van der Waals surface area contributed by atoms with Gasteiger partial charge in [-0.2, -0.15) is 0 Å². The lowest BCUT2D eigenvalue weighted by Gasteiger charge is -2.18. The van der Waals surface area contributed by atoms with E-state index in [0.29, 0.717) is 34.0 Å². The Morgan fingerprint density at radius 2 is 1.47 bits per heavy atom. The maximum Gasteiger partial charge on any atom is 0.340 e. The minimum Gasteiger partial charge on any atom is -0.493 e. The van der Waals surface area contributed by atoms with E-state index in [-0.39, 0.29) is 11.1 Å². The number of rotatable bonds is 6. The number of anilines is 1. The second-order valence-electron chi connectivity index (χ2n) is 6.80. The molecule has 166 valence electrons. The largest absolute Gasteiger partial charge is 0.493 e. The van der Waals surface area contributed by atoms with Crippen LogP contribution >= 0.6 is 0 Å². The minimum absolute atomic E-state index is 0.157. The van der Waals surface area contributed by atoms with E-state index in [1.165, 1.54) is 33.3 Å². The fourth-order valence-electron chi connectivity index (χ4n) is 3.46. The number of hydrogen-bond acceptors (Lipinski definition) is 7. The number of benzene rings is 2. The van der Waals surface area contributed by atoms with Crippen molar-refractivity contribution in [2.24, 2.45) is 0 Å². The normalized spacial score (nSPS) is 14.6. The number of methoxy groups -OCH3 is 4. The standard InChI is InChI=1S/C24H23NO7/c1-14-21(24(28)32-5)18(12-15-6-11-19(29-2)20(13-15)30-3)22(26)25(14)17-9-7-16(8-10-17)23(27)31-4/h6-13H,1-5H3/b18-12-. The lowest BCUT2D eigenvalue weighted by atomic mass is 10.0. The first kappa shape index (κ1) is 22.6. The van der Waals surface area contributed by atoms with Crippen molar-refractivity contribution in [3.8, 4) is 11.5 Å². The number of amides is 1. The summed E-state index contributed by atoms with van der Waals surface area (Å²) in [5.41, 5.74) is 2.24. The zero-order valence-corrected chi connectivity index (χ0v) is 18.4. The Bertz CT molecular complexity index is 1130. The predicted octanol–water partition coefficient (Wildman–Crippen LogP) is 3.37. The molecular weight excluding hydrogens is 414 g/mol. The van der Waals surface area contributed by atoms with Crippen LogP contribution in [0.4, 0.5) is 5.69 Å². The predicted molar refractivity (Wildman–Crippen MR) is 118 cm³/mol. The summed E-state index contributed by atoms with van der Waals surface area (Å²) in [7, 11) is 5.59. The highest BCUT2D eigenvalue weighted by Crippen LogP contribution is 2.36. The highest BCUT2D eigenvalue weighted by Gasteiger charge is 2.38. The van der Waals surface area contributed by atoms with Crippen molar-refractivity contribution in [1.29, 1.82) is 0 Å². The summed E-state index contributed by atoms with van der Waals surface area (Å²) in [6.45, 7) is 1.66. The Labute approximate surface area is 185 Å². The van der Waals surface area contributed by atoms with Gasteiger partial charge in [0.15, 0.2) is 11.5 Å². The molecular formula is C24H23NO7. The maximum absolute atomic E-state index is 13.4. The van der Waals surface area contributed by atoms with Crippen LogP contribution in [-0.4, -0.2) is 46.3 Å². The summed E-state index contributed by atoms with van der Waals surface area (Å²) >= 11 is 0. The molecule has 0 saturated heterocycles. The third kappa shape index (κ3) is 4.07. The molecule has 2 aromatic carbocycles. The van der Waals surface area contributed by atoms with E-state index in [4.69, 9.17) is 18.9 Å². The van der Waals surface area contributed by atoms with Crippen LogP contribution in [0.3, 0.4) is 0 Å². The number of hydrogen-bond donors (Lipinski definition) is 0. The first-order valence-corrected chi connectivity index (χ1v) is 9.62. The average Bonchev–Trinajstić information content (AvgIpc) is 3.07. The van der Waals surface area contributed by atoms with Crippen LogP contribution in [-0.2, 0) is 19.1 Å². The van der Waals surface area contributed by atoms with E-state index in [1.54, 1.807) is 55.5 Å². The molecule has 1 heterocycles. The van der Waals surface area contributed by atoms with Gasteiger partial charge in [0.2, 0.25) is 0 Å². The Morgan fingerprint density at radius 3 is 2.03 bits per heavy atom. The summed E-state index contributed by atoms with van der Waals surface area (Å²) < 4.78 is 20.2. The van der Waals surface area contributed by atoms with Gasteiger partial charge in [-0.25, -0.2) is 9.59 Å². The summed E-state index contributed by atoms with van der Waals surface area (Å²) in [5, 5.41) is 0. The molecule has 8 heteroatoms. The summed E-state index contributed by atoms with van der Waals surface area (Å²) in [6, 6.07) is 11.5. The first-order valence-electron chi connectivity index (χ1n) is 9.62. The fraction of sp³-hybridized carbons (Fsp3) is 0.208. The SMILES string of the molecule is COC(=O)C1=C(C)N(c2ccc(C(=O)OC)cc2)C(=O)/C1=C\c1ccc(OC)c(OC)c1. The zero-order valence-electron chi connectivity index (χ0n) is 18.4.